The van der Waals surface area contributed by atoms with Crippen LogP contribution in [-0.2, 0) is 6.54 Å². The third-order valence-electron chi connectivity index (χ3n) is 2.27. The van der Waals surface area contributed by atoms with Crippen LogP contribution in [0.5, 0.6) is 5.75 Å². The first-order valence-corrected chi connectivity index (χ1v) is 6.43. The van der Waals surface area contributed by atoms with Crippen LogP contribution in [0.2, 0.25) is 5.15 Å². The molecule has 0 amide bonds. The molecule has 94 valence electrons. The van der Waals surface area contributed by atoms with Crippen molar-refractivity contribution in [3.05, 3.63) is 56.6 Å². The molecule has 0 saturated carbocycles. The fourth-order valence-corrected chi connectivity index (χ4v) is 1.96. The lowest BCUT2D eigenvalue weighted by Crippen LogP contribution is -2.23. The van der Waals surface area contributed by atoms with E-state index in [-0.39, 0.29) is 10.7 Å². The van der Waals surface area contributed by atoms with Gasteiger partial charge in [0.05, 0.1) is 6.54 Å². The van der Waals surface area contributed by atoms with Gasteiger partial charge in [0.25, 0.3) is 5.56 Å². The van der Waals surface area contributed by atoms with Crippen LogP contribution in [0.25, 0.3) is 0 Å². The highest BCUT2D eigenvalue weighted by Gasteiger charge is 2.01. The average Bonchev–Trinajstić information content (AvgIpc) is 2.35. The van der Waals surface area contributed by atoms with Gasteiger partial charge in [-0.1, -0.05) is 33.6 Å². The molecule has 0 fully saturated rings. The second kappa shape index (κ2) is 6.02. The molecule has 2 rings (SSSR count). The van der Waals surface area contributed by atoms with Crippen molar-refractivity contribution in [2.45, 2.75) is 6.54 Å². The topological polar surface area (TPSA) is 44.1 Å². The lowest BCUT2D eigenvalue weighted by Gasteiger charge is -2.08. The molecular formula is C12H10BrClN2O2. The number of hydrogen-bond acceptors (Lipinski definition) is 3. The zero-order valence-corrected chi connectivity index (χ0v) is 11.7. The maximum atomic E-state index is 11.6. The second-order valence-corrected chi connectivity index (χ2v) is 4.80. The summed E-state index contributed by atoms with van der Waals surface area (Å²) in [5.74, 6) is 0.748. The molecule has 0 aliphatic carbocycles. The third kappa shape index (κ3) is 3.34. The molecule has 0 saturated heterocycles. The standard InChI is InChI=1S/C12H10BrClN2O2/c13-9-2-1-3-10(8-9)18-7-6-16-5-4-15-11(14)12(16)17/h1-5,8H,6-7H2. The molecule has 6 heteroatoms. The molecule has 0 atom stereocenters. The van der Waals surface area contributed by atoms with Gasteiger partial charge in [-0.05, 0) is 18.2 Å². The summed E-state index contributed by atoms with van der Waals surface area (Å²) in [7, 11) is 0. The van der Waals surface area contributed by atoms with Crippen LogP contribution in [0.15, 0.2) is 45.9 Å². The Hall–Kier alpha value is -1.33. The largest absolute Gasteiger partial charge is 0.492 e. The van der Waals surface area contributed by atoms with Crippen LogP contribution >= 0.6 is 27.5 Å². The van der Waals surface area contributed by atoms with Gasteiger partial charge >= 0.3 is 0 Å². The molecule has 18 heavy (non-hydrogen) atoms. The predicted octanol–water partition coefficient (Wildman–Crippen LogP) is 2.74. The molecule has 4 nitrogen and oxygen atoms in total. The molecule has 0 aliphatic rings. The van der Waals surface area contributed by atoms with Gasteiger partial charge in [-0.3, -0.25) is 4.79 Å². The van der Waals surface area contributed by atoms with Gasteiger partial charge in [0.15, 0.2) is 5.15 Å². The Kier molecular flexibility index (Phi) is 4.38. The predicted molar refractivity (Wildman–Crippen MR) is 73.1 cm³/mol. The molecule has 2 aromatic rings. The lowest BCUT2D eigenvalue weighted by atomic mass is 10.3. The average molecular weight is 330 g/mol. The van der Waals surface area contributed by atoms with Crippen molar-refractivity contribution in [2.24, 2.45) is 0 Å². The van der Waals surface area contributed by atoms with Crippen LogP contribution in [0, 0.1) is 0 Å². The molecule has 0 bridgehead atoms. The van der Waals surface area contributed by atoms with Crippen molar-refractivity contribution in [3.8, 4) is 5.75 Å². The van der Waals surface area contributed by atoms with E-state index < -0.39 is 0 Å². The fourth-order valence-electron chi connectivity index (χ4n) is 1.42. The monoisotopic (exact) mass is 328 g/mol. The zero-order chi connectivity index (χ0) is 13.0. The van der Waals surface area contributed by atoms with Gasteiger partial charge in [0.2, 0.25) is 0 Å². The van der Waals surface area contributed by atoms with E-state index in [1.54, 1.807) is 6.20 Å². The molecule has 0 spiro atoms. The van der Waals surface area contributed by atoms with E-state index in [2.05, 4.69) is 20.9 Å². The minimum Gasteiger partial charge on any atom is -0.492 e. The number of aromatic nitrogens is 2. The van der Waals surface area contributed by atoms with E-state index in [9.17, 15) is 4.79 Å². The molecule has 0 radical (unpaired) electrons. The van der Waals surface area contributed by atoms with Crippen LogP contribution in [0.3, 0.4) is 0 Å². The molecule has 0 N–H and O–H groups in total. The van der Waals surface area contributed by atoms with Crippen molar-refractivity contribution in [1.29, 1.82) is 0 Å². The normalized spacial score (nSPS) is 10.3. The molecule has 1 aromatic carbocycles. The summed E-state index contributed by atoms with van der Waals surface area (Å²) in [6.07, 6.45) is 3.07. The van der Waals surface area contributed by atoms with Crippen molar-refractivity contribution in [1.82, 2.24) is 9.55 Å². The Balaban J connectivity index is 1.97. The van der Waals surface area contributed by atoms with Gasteiger partial charge in [-0.25, -0.2) is 4.98 Å². The number of ether oxygens (including phenoxy) is 1. The second-order valence-electron chi connectivity index (χ2n) is 3.52. The first-order chi connectivity index (χ1) is 8.66. The molecule has 1 aromatic heterocycles. The van der Waals surface area contributed by atoms with Crippen LogP contribution < -0.4 is 10.3 Å². The van der Waals surface area contributed by atoms with Crippen LogP contribution in [-0.4, -0.2) is 16.2 Å². The number of hydrogen-bond donors (Lipinski definition) is 0. The summed E-state index contributed by atoms with van der Waals surface area (Å²) in [5.41, 5.74) is -0.308. The van der Waals surface area contributed by atoms with E-state index in [1.807, 2.05) is 24.3 Å². The Morgan fingerprint density at radius 3 is 3.06 bits per heavy atom. The first-order valence-electron chi connectivity index (χ1n) is 5.26. The Bertz CT molecular complexity index is 601. The van der Waals surface area contributed by atoms with Crippen molar-refractivity contribution in [2.75, 3.05) is 6.61 Å². The van der Waals surface area contributed by atoms with Crippen molar-refractivity contribution < 1.29 is 4.74 Å². The number of rotatable bonds is 4. The lowest BCUT2D eigenvalue weighted by molar-refractivity contribution is 0.296. The van der Waals surface area contributed by atoms with Gasteiger partial charge in [0, 0.05) is 16.9 Å². The van der Waals surface area contributed by atoms with E-state index in [4.69, 9.17) is 16.3 Å². The van der Waals surface area contributed by atoms with Gasteiger partial charge in [0.1, 0.15) is 12.4 Å². The van der Waals surface area contributed by atoms with Gasteiger partial charge in [-0.2, -0.15) is 0 Å². The number of halogens is 2. The quantitative estimate of drug-likeness (QED) is 0.866. The van der Waals surface area contributed by atoms with E-state index >= 15 is 0 Å². The molecule has 1 heterocycles. The smallest absolute Gasteiger partial charge is 0.288 e. The summed E-state index contributed by atoms with van der Waals surface area (Å²) >= 11 is 9.00. The third-order valence-corrected chi connectivity index (χ3v) is 3.02. The fraction of sp³-hybridized carbons (Fsp3) is 0.167. The minimum absolute atomic E-state index is 0.0278. The highest BCUT2D eigenvalue weighted by molar-refractivity contribution is 9.10. The van der Waals surface area contributed by atoms with E-state index in [0.29, 0.717) is 13.2 Å². The highest BCUT2D eigenvalue weighted by atomic mass is 79.9. The summed E-state index contributed by atoms with van der Waals surface area (Å²) in [6.45, 7) is 0.810. The van der Waals surface area contributed by atoms with Gasteiger partial charge < -0.3 is 9.30 Å². The number of nitrogens with zero attached hydrogens (tertiary/aromatic N) is 2. The summed E-state index contributed by atoms with van der Waals surface area (Å²) in [5, 5.41) is -0.0278. The minimum atomic E-state index is -0.308. The van der Waals surface area contributed by atoms with Crippen molar-refractivity contribution in [3.63, 3.8) is 0 Å². The molecule has 0 aliphatic heterocycles. The first kappa shape index (κ1) is 13.1. The Labute approximate surface area is 117 Å². The maximum absolute atomic E-state index is 11.6. The zero-order valence-electron chi connectivity index (χ0n) is 9.35. The highest BCUT2D eigenvalue weighted by Crippen LogP contribution is 2.17. The summed E-state index contributed by atoms with van der Waals surface area (Å²) < 4.78 is 7.95. The Morgan fingerprint density at radius 1 is 1.44 bits per heavy atom. The Morgan fingerprint density at radius 2 is 2.28 bits per heavy atom. The summed E-state index contributed by atoms with van der Waals surface area (Å²) in [4.78, 5) is 15.3. The van der Waals surface area contributed by atoms with Crippen LogP contribution in [0.1, 0.15) is 0 Å². The summed E-state index contributed by atoms with van der Waals surface area (Å²) in [6, 6.07) is 7.52. The SMILES string of the molecule is O=c1c(Cl)nccn1CCOc1cccc(Br)c1. The van der Waals surface area contributed by atoms with E-state index in [1.165, 1.54) is 10.8 Å². The maximum Gasteiger partial charge on any atom is 0.288 e. The molecular weight excluding hydrogens is 320 g/mol. The van der Waals surface area contributed by atoms with Crippen molar-refractivity contribution >= 4 is 27.5 Å². The molecule has 0 unspecified atom stereocenters. The number of benzene rings is 1. The van der Waals surface area contributed by atoms with E-state index in [0.717, 1.165) is 10.2 Å². The van der Waals surface area contributed by atoms with Crippen LogP contribution in [0.4, 0.5) is 0 Å². The van der Waals surface area contributed by atoms with Gasteiger partial charge in [-0.15, -0.1) is 0 Å².